The average Bonchev–Trinajstić information content (AvgIpc) is 2.84. The van der Waals surface area contributed by atoms with Crippen LogP contribution in [0.25, 0.3) is 10.9 Å². The Morgan fingerprint density at radius 3 is 2.26 bits per heavy atom. The van der Waals surface area contributed by atoms with Gasteiger partial charge in [-0.25, -0.2) is 9.37 Å². The predicted molar refractivity (Wildman–Crippen MR) is 123 cm³/mol. The smallest absolute Gasteiger partial charge is 0.146 e. The second-order valence-corrected chi connectivity index (χ2v) is 7.72. The Bertz CT molecular complexity index is 1160. The van der Waals surface area contributed by atoms with E-state index < -0.39 is 0 Å². The zero-order valence-corrected chi connectivity index (χ0v) is 17.2. The summed E-state index contributed by atoms with van der Waals surface area (Å²) in [6.07, 6.45) is 0. The number of benzene rings is 3. The molecule has 0 aliphatic carbocycles. The molecule has 0 amide bonds. The third-order valence-electron chi connectivity index (χ3n) is 5.70. The van der Waals surface area contributed by atoms with Gasteiger partial charge in [-0.2, -0.15) is 0 Å². The standard InChI is InChI=1S/C26H24FN3O/c27-22-12-9-20(10-13-22)19-31-24-8-4-5-21-11-14-25(28-26(21)24)30-17-15-29(16-18-30)23-6-2-1-3-7-23/h1-14H,15-19H2. The van der Waals surface area contributed by atoms with Crippen LogP contribution in [0.5, 0.6) is 5.75 Å². The number of nitrogens with zero attached hydrogens (tertiary/aromatic N) is 3. The SMILES string of the molecule is Fc1ccc(COc2cccc3ccc(N4CCN(c5ccccc5)CC4)nc23)cc1. The fraction of sp³-hybridized carbons (Fsp3) is 0.192. The van der Waals surface area contributed by atoms with Crippen LogP contribution in [0.2, 0.25) is 0 Å². The van der Waals surface area contributed by atoms with Crippen LogP contribution in [-0.2, 0) is 6.61 Å². The van der Waals surface area contributed by atoms with Crippen molar-refractivity contribution in [2.24, 2.45) is 0 Å². The van der Waals surface area contributed by atoms with Gasteiger partial charge in [-0.1, -0.05) is 42.5 Å². The number of fused-ring (bicyclic) bond motifs is 1. The van der Waals surface area contributed by atoms with E-state index >= 15 is 0 Å². The van der Waals surface area contributed by atoms with Crippen molar-refractivity contribution in [2.45, 2.75) is 6.61 Å². The highest BCUT2D eigenvalue weighted by atomic mass is 19.1. The number of halogens is 1. The monoisotopic (exact) mass is 413 g/mol. The molecule has 3 aromatic carbocycles. The average molecular weight is 413 g/mol. The van der Waals surface area contributed by atoms with Gasteiger partial charge in [0, 0.05) is 37.3 Å². The Labute approximate surface area is 181 Å². The quantitative estimate of drug-likeness (QED) is 0.445. The van der Waals surface area contributed by atoms with E-state index in [0.29, 0.717) is 6.61 Å². The maximum atomic E-state index is 13.1. The molecule has 156 valence electrons. The van der Waals surface area contributed by atoms with Gasteiger partial charge in [0.25, 0.3) is 0 Å². The Morgan fingerprint density at radius 2 is 1.48 bits per heavy atom. The van der Waals surface area contributed by atoms with Crippen LogP contribution in [0.4, 0.5) is 15.9 Å². The Kier molecular flexibility index (Phi) is 5.40. The topological polar surface area (TPSA) is 28.6 Å². The second-order valence-electron chi connectivity index (χ2n) is 7.72. The van der Waals surface area contributed by atoms with Crippen LogP contribution >= 0.6 is 0 Å². The van der Waals surface area contributed by atoms with Gasteiger partial charge in [0.1, 0.15) is 29.5 Å². The minimum Gasteiger partial charge on any atom is -0.487 e. The highest BCUT2D eigenvalue weighted by Crippen LogP contribution is 2.28. The Balaban J connectivity index is 1.32. The molecular weight excluding hydrogens is 389 g/mol. The number of hydrogen-bond acceptors (Lipinski definition) is 4. The van der Waals surface area contributed by atoms with E-state index in [1.165, 1.54) is 17.8 Å². The minimum atomic E-state index is -0.243. The first-order chi connectivity index (χ1) is 15.3. The number of pyridine rings is 1. The number of para-hydroxylation sites is 2. The molecule has 0 spiro atoms. The predicted octanol–water partition coefficient (Wildman–Crippen LogP) is 5.28. The summed E-state index contributed by atoms with van der Waals surface area (Å²) in [5.74, 6) is 1.47. The van der Waals surface area contributed by atoms with Crippen molar-refractivity contribution < 1.29 is 9.13 Å². The number of hydrogen-bond donors (Lipinski definition) is 0. The third-order valence-corrected chi connectivity index (χ3v) is 5.70. The van der Waals surface area contributed by atoms with Crippen molar-refractivity contribution in [3.8, 4) is 5.75 Å². The van der Waals surface area contributed by atoms with Gasteiger partial charge in [0.05, 0.1) is 0 Å². The molecule has 4 nitrogen and oxygen atoms in total. The summed E-state index contributed by atoms with van der Waals surface area (Å²) >= 11 is 0. The summed E-state index contributed by atoms with van der Waals surface area (Å²) in [4.78, 5) is 9.69. The molecule has 0 radical (unpaired) electrons. The lowest BCUT2D eigenvalue weighted by Crippen LogP contribution is -2.46. The van der Waals surface area contributed by atoms with Crippen molar-refractivity contribution in [1.82, 2.24) is 4.98 Å². The molecule has 5 rings (SSSR count). The molecule has 1 fully saturated rings. The minimum absolute atomic E-state index is 0.243. The fourth-order valence-corrected chi connectivity index (χ4v) is 3.98. The first kappa shape index (κ1) is 19.4. The molecule has 4 aromatic rings. The molecule has 1 aromatic heterocycles. The van der Waals surface area contributed by atoms with E-state index in [9.17, 15) is 4.39 Å². The Morgan fingerprint density at radius 1 is 0.742 bits per heavy atom. The number of aromatic nitrogens is 1. The summed E-state index contributed by atoms with van der Waals surface area (Å²) in [6, 6.07) is 27.1. The van der Waals surface area contributed by atoms with E-state index in [-0.39, 0.29) is 5.82 Å². The Hall–Kier alpha value is -3.60. The van der Waals surface area contributed by atoms with Crippen LogP contribution in [0.3, 0.4) is 0 Å². The van der Waals surface area contributed by atoms with Crippen LogP contribution in [0.15, 0.2) is 84.9 Å². The van der Waals surface area contributed by atoms with Crippen LogP contribution < -0.4 is 14.5 Å². The first-order valence-electron chi connectivity index (χ1n) is 10.6. The lowest BCUT2D eigenvalue weighted by atomic mass is 10.2. The maximum Gasteiger partial charge on any atom is 0.146 e. The molecule has 1 aliphatic heterocycles. The summed E-state index contributed by atoms with van der Waals surface area (Å²) in [7, 11) is 0. The van der Waals surface area contributed by atoms with Crippen LogP contribution in [-0.4, -0.2) is 31.2 Å². The molecule has 5 heteroatoms. The molecule has 1 aliphatic rings. The van der Waals surface area contributed by atoms with Gasteiger partial charge in [-0.15, -0.1) is 0 Å². The van der Waals surface area contributed by atoms with Crippen LogP contribution in [0, 0.1) is 5.82 Å². The van der Waals surface area contributed by atoms with E-state index in [1.54, 1.807) is 12.1 Å². The van der Waals surface area contributed by atoms with Crippen molar-refractivity contribution in [3.05, 3.63) is 96.3 Å². The molecule has 0 N–H and O–H groups in total. The molecular formula is C26H24FN3O. The van der Waals surface area contributed by atoms with Gasteiger partial charge in [-0.3, -0.25) is 0 Å². The van der Waals surface area contributed by atoms with Crippen molar-refractivity contribution >= 4 is 22.4 Å². The summed E-state index contributed by atoms with van der Waals surface area (Å²) in [6.45, 7) is 4.15. The zero-order valence-electron chi connectivity index (χ0n) is 17.2. The van der Waals surface area contributed by atoms with Gasteiger partial charge in [0.15, 0.2) is 0 Å². The van der Waals surface area contributed by atoms with Crippen LogP contribution in [0.1, 0.15) is 5.56 Å². The van der Waals surface area contributed by atoms with Gasteiger partial charge in [-0.05, 0) is 48.0 Å². The number of ether oxygens (including phenoxy) is 1. The third kappa shape index (κ3) is 4.31. The van der Waals surface area contributed by atoms with E-state index in [4.69, 9.17) is 9.72 Å². The molecule has 0 saturated carbocycles. The van der Waals surface area contributed by atoms with Crippen molar-refractivity contribution in [1.29, 1.82) is 0 Å². The fourth-order valence-electron chi connectivity index (χ4n) is 3.98. The number of piperazine rings is 1. The normalized spacial score (nSPS) is 14.1. The molecule has 1 saturated heterocycles. The lowest BCUT2D eigenvalue weighted by molar-refractivity contribution is 0.309. The molecule has 2 heterocycles. The molecule has 0 unspecified atom stereocenters. The maximum absolute atomic E-state index is 13.1. The highest BCUT2D eigenvalue weighted by molar-refractivity contribution is 5.86. The first-order valence-corrected chi connectivity index (χ1v) is 10.6. The molecule has 0 atom stereocenters. The molecule has 0 bridgehead atoms. The zero-order chi connectivity index (χ0) is 21.0. The van der Waals surface area contributed by atoms with E-state index in [1.807, 2.05) is 18.2 Å². The summed E-state index contributed by atoms with van der Waals surface area (Å²) in [5, 5.41) is 1.04. The van der Waals surface area contributed by atoms with Crippen molar-refractivity contribution in [2.75, 3.05) is 36.0 Å². The largest absolute Gasteiger partial charge is 0.487 e. The second kappa shape index (κ2) is 8.64. The van der Waals surface area contributed by atoms with Gasteiger partial charge < -0.3 is 14.5 Å². The lowest BCUT2D eigenvalue weighted by Gasteiger charge is -2.36. The van der Waals surface area contributed by atoms with E-state index in [0.717, 1.165) is 54.2 Å². The van der Waals surface area contributed by atoms with Crippen molar-refractivity contribution in [3.63, 3.8) is 0 Å². The van der Waals surface area contributed by atoms with Gasteiger partial charge >= 0.3 is 0 Å². The summed E-state index contributed by atoms with van der Waals surface area (Å²) < 4.78 is 19.2. The van der Waals surface area contributed by atoms with Gasteiger partial charge in [0.2, 0.25) is 0 Å². The van der Waals surface area contributed by atoms with E-state index in [2.05, 4.69) is 52.3 Å². The number of rotatable bonds is 5. The number of anilines is 2. The molecule has 31 heavy (non-hydrogen) atoms. The summed E-state index contributed by atoms with van der Waals surface area (Å²) in [5.41, 5.74) is 3.05. The highest BCUT2D eigenvalue weighted by Gasteiger charge is 2.19.